The second-order valence-corrected chi connectivity index (χ2v) is 4.53. The molecule has 0 fully saturated rings. The van der Waals surface area contributed by atoms with Gasteiger partial charge in [0.2, 0.25) is 0 Å². The van der Waals surface area contributed by atoms with E-state index < -0.39 is 0 Å². The summed E-state index contributed by atoms with van der Waals surface area (Å²) in [7, 11) is 0. The second-order valence-electron chi connectivity index (χ2n) is 4.53. The van der Waals surface area contributed by atoms with Gasteiger partial charge in [0, 0.05) is 30.4 Å². The maximum Gasteiger partial charge on any atom is 0.124 e. The van der Waals surface area contributed by atoms with Crippen molar-refractivity contribution in [2.24, 2.45) is 0 Å². The van der Waals surface area contributed by atoms with Crippen LogP contribution in [0.5, 0.6) is 5.75 Å². The maximum atomic E-state index is 13.3. The van der Waals surface area contributed by atoms with Crippen LogP contribution in [0.4, 0.5) is 4.39 Å². The molecule has 1 N–H and O–H groups in total. The molecular weight excluding hydrogens is 257 g/mol. The first kappa shape index (κ1) is 14.5. The molecule has 0 atom stereocenters. The first-order chi connectivity index (χ1) is 9.72. The van der Waals surface area contributed by atoms with E-state index in [4.69, 9.17) is 4.74 Å². The molecule has 0 saturated heterocycles. The fraction of sp³-hybridized carbons (Fsp3) is 0.400. The Hall–Kier alpha value is -1.88. The summed E-state index contributed by atoms with van der Waals surface area (Å²) in [4.78, 5) is 0. The van der Waals surface area contributed by atoms with Crippen molar-refractivity contribution in [3.8, 4) is 5.75 Å². The molecule has 0 aliphatic rings. The van der Waals surface area contributed by atoms with Gasteiger partial charge in [-0.2, -0.15) is 5.10 Å². The summed E-state index contributed by atoms with van der Waals surface area (Å²) < 4.78 is 20.9. The largest absolute Gasteiger partial charge is 0.488 e. The smallest absolute Gasteiger partial charge is 0.124 e. The van der Waals surface area contributed by atoms with Crippen LogP contribution in [0.3, 0.4) is 0 Å². The van der Waals surface area contributed by atoms with E-state index in [0.717, 1.165) is 24.2 Å². The Morgan fingerprint density at radius 3 is 2.90 bits per heavy atom. The van der Waals surface area contributed by atoms with E-state index in [1.54, 1.807) is 12.3 Å². The number of hydrogen-bond donors (Lipinski definition) is 1. The molecule has 0 aliphatic heterocycles. The molecule has 108 valence electrons. The Labute approximate surface area is 118 Å². The summed E-state index contributed by atoms with van der Waals surface area (Å²) in [6, 6.07) is 4.60. The molecule has 20 heavy (non-hydrogen) atoms. The number of rotatable bonds is 7. The SMILES string of the molecule is CCNCc1cc(F)ccc1OCc1cnn(CC)c1. The van der Waals surface area contributed by atoms with Gasteiger partial charge < -0.3 is 10.1 Å². The molecule has 5 heteroatoms. The van der Waals surface area contributed by atoms with Crippen molar-refractivity contribution in [3.05, 3.63) is 47.5 Å². The van der Waals surface area contributed by atoms with Crippen molar-refractivity contribution in [1.29, 1.82) is 0 Å². The predicted molar refractivity (Wildman–Crippen MR) is 76.0 cm³/mol. The Kier molecular flexibility index (Phi) is 5.12. The Balaban J connectivity index is 2.04. The van der Waals surface area contributed by atoms with E-state index in [0.29, 0.717) is 18.9 Å². The third-order valence-corrected chi connectivity index (χ3v) is 2.99. The predicted octanol–water partition coefficient (Wildman–Crippen LogP) is 2.73. The van der Waals surface area contributed by atoms with Gasteiger partial charge in [-0.15, -0.1) is 0 Å². The third-order valence-electron chi connectivity index (χ3n) is 2.99. The van der Waals surface area contributed by atoms with Crippen molar-refractivity contribution in [1.82, 2.24) is 15.1 Å². The third kappa shape index (κ3) is 3.81. The lowest BCUT2D eigenvalue weighted by atomic mass is 10.2. The molecule has 0 radical (unpaired) electrons. The van der Waals surface area contributed by atoms with Gasteiger partial charge in [0.25, 0.3) is 0 Å². The van der Waals surface area contributed by atoms with Gasteiger partial charge in [0.1, 0.15) is 18.2 Å². The quantitative estimate of drug-likeness (QED) is 0.846. The van der Waals surface area contributed by atoms with Gasteiger partial charge in [-0.25, -0.2) is 4.39 Å². The second kappa shape index (κ2) is 7.05. The van der Waals surface area contributed by atoms with Crippen molar-refractivity contribution in [3.63, 3.8) is 0 Å². The molecule has 0 amide bonds. The fourth-order valence-electron chi connectivity index (χ4n) is 1.90. The normalized spacial score (nSPS) is 10.8. The zero-order valence-corrected chi connectivity index (χ0v) is 11.9. The van der Waals surface area contributed by atoms with Crippen LogP contribution in [0.2, 0.25) is 0 Å². The number of ether oxygens (including phenoxy) is 1. The topological polar surface area (TPSA) is 39.1 Å². The van der Waals surface area contributed by atoms with E-state index in [1.165, 1.54) is 12.1 Å². The van der Waals surface area contributed by atoms with Gasteiger partial charge >= 0.3 is 0 Å². The molecule has 0 bridgehead atoms. The van der Waals surface area contributed by atoms with Crippen LogP contribution in [-0.4, -0.2) is 16.3 Å². The molecular formula is C15H20FN3O. The van der Waals surface area contributed by atoms with Gasteiger partial charge in [-0.3, -0.25) is 4.68 Å². The van der Waals surface area contributed by atoms with Crippen LogP contribution < -0.4 is 10.1 Å². The lowest BCUT2D eigenvalue weighted by Crippen LogP contribution is -2.13. The number of hydrogen-bond acceptors (Lipinski definition) is 3. The highest BCUT2D eigenvalue weighted by atomic mass is 19.1. The number of nitrogens with zero attached hydrogens (tertiary/aromatic N) is 2. The molecule has 1 aromatic heterocycles. The van der Waals surface area contributed by atoms with Gasteiger partial charge in [-0.1, -0.05) is 6.92 Å². The van der Waals surface area contributed by atoms with Crippen molar-refractivity contribution >= 4 is 0 Å². The zero-order valence-electron chi connectivity index (χ0n) is 11.9. The van der Waals surface area contributed by atoms with Gasteiger partial charge in [0.05, 0.1) is 6.20 Å². The highest BCUT2D eigenvalue weighted by molar-refractivity contribution is 5.34. The van der Waals surface area contributed by atoms with Crippen molar-refractivity contribution in [2.75, 3.05) is 6.54 Å². The number of nitrogens with one attached hydrogen (secondary N) is 1. The molecule has 0 unspecified atom stereocenters. The summed E-state index contributed by atoms with van der Waals surface area (Å²) in [6.45, 7) is 6.75. The molecule has 1 heterocycles. The molecule has 1 aromatic carbocycles. The zero-order chi connectivity index (χ0) is 14.4. The van der Waals surface area contributed by atoms with E-state index in [1.807, 2.05) is 24.7 Å². The maximum absolute atomic E-state index is 13.3. The number of aromatic nitrogens is 2. The van der Waals surface area contributed by atoms with Gasteiger partial charge in [-0.05, 0) is 31.7 Å². The van der Waals surface area contributed by atoms with Crippen LogP contribution in [0.15, 0.2) is 30.6 Å². The standard InChI is InChI=1S/C15H20FN3O/c1-3-17-9-13-7-14(16)5-6-15(13)20-11-12-8-18-19(4-2)10-12/h5-8,10,17H,3-4,9,11H2,1-2H3. The molecule has 2 rings (SSSR count). The summed E-state index contributed by atoms with van der Waals surface area (Å²) in [5.74, 6) is 0.459. The Morgan fingerprint density at radius 2 is 2.20 bits per heavy atom. The number of halogens is 1. The van der Waals surface area contributed by atoms with Crippen LogP contribution in [0.25, 0.3) is 0 Å². The van der Waals surface area contributed by atoms with Gasteiger partial charge in [0.15, 0.2) is 0 Å². The summed E-state index contributed by atoms with van der Waals surface area (Å²) >= 11 is 0. The lowest BCUT2D eigenvalue weighted by molar-refractivity contribution is 0.301. The highest BCUT2D eigenvalue weighted by Gasteiger charge is 2.06. The van der Waals surface area contributed by atoms with Crippen molar-refractivity contribution < 1.29 is 9.13 Å². The van der Waals surface area contributed by atoms with Crippen LogP contribution in [0.1, 0.15) is 25.0 Å². The summed E-state index contributed by atoms with van der Waals surface area (Å²) in [5.41, 5.74) is 1.83. The first-order valence-corrected chi connectivity index (χ1v) is 6.86. The number of benzene rings is 1. The fourth-order valence-corrected chi connectivity index (χ4v) is 1.90. The minimum absolute atomic E-state index is 0.246. The monoisotopic (exact) mass is 277 g/mol. The molecule has 0 aliphatic carbocycles. The minimum atomic E-state index is -0.246. The highest BCUT2D eigenvalue weighted by Crippen LogP contribution is 2.21. The summed E-state index contributed by atoms with van der Waals surface area (Å²) in [5, 5.41) is 7.38. The lowest BCUT2D eigenvalue weighted by Gasteiger charge is -2.11. The Bertz CT molecular complexity index is 554. The van der Waals surface area contributed by atoms with E-state index in [-0.39, 0.29) is 5.82 Å². The van der Waals surface area contributed by atoms with Crippen LogP contribution >= 0.6 is 0 Å². The van der Waals surface area contributed by atoms with E-state index in [9.17, 15) is 4.39 Å². The van der Waals surface area contributed by atoms with Crippen LogP contribution in [-0.2, 0) is 19.7 Å². The Morgan fingerprint density at radius 1 is 1.35 bits per heavy atom. The molecule has 0 saturated carbocycles. The van der Waals surface area contributed by atoms with Crippen molar-refractivity contribution in [2.45, 2.75) is 33.5 Å². The first-order valence-electron chi connectivity index (χ1n) is 6.86. The van der Waals surface area contributed by atoms with E-state index in [2.05, 4.69) is 10.4 Å². The minimum Gasteiger partial charge on any atom is -0.488 e. The average molecular weight is 277 g/mol. The van der Waals surface area contributed by atoms with E-state index >= 15 is 0 Å². The summed E-state index contributed by atoms with van der Waals surface area (Å²) in [6.07, 6.45) is 3.74. The number of aryl methyl sites for hydroxylation is 1. The average Bonchev–Trinajstić information content (AvgIpc) is 2.92. The van der Waals surface area contributed by atoms with Crippen LogP contribution in [0, 0.1) is 5.82 Å². The molecule has 0 spiro atoms. The molecule has 4 nitrogen and oxygen atoms in total. The molecule has 2 aromatic rings.